The zero-order valence-corrected chi connectivity index (χ0v) is 11.6. The SMILES string of the molecule is CCC(C)C(C)Nc1ccc(C(N)=S)c(F)c1F. The Morgan fingerprint density at radius 3 is 2.44 bits per heavy atom. The van der Waals surface area contributed by atoms with Gasteiger partial charge in [0.1, 0.15) is 4.99 Å². The maximum Gasteiger partial charge on any atom is 0.182 e. The van der Waals surface area contributed by atoms with Crippen molar-refractivity contribution in [3.63, 3.8) is 0 Å². The molecule has 0 amide bonds. The van der Waals surface area contributed by atoms with Gasteiger partial charge in [0.2, 0.25) is 0 Å². The minimum absolute atomic E-state index is 0.0552. The summed E-state index contributed by atoms with van der Waals surface area (Å²) < 4.78 is 27.5. The van der Waals surface area contributed by atoms with Gasteiger partial charge in [0, 0.05) is 11.6 Å². The number of benzene rings is 1. The molecule has 0 heterocycles. The van der Waals surface area contributed by atoms with Crippen LogP contribution in [-0.4, -0.2) is 11.0 Å². The molecule has 1 rings (SSSR count). The summed E-state index contributed by atoms with van der Waals surface area (Å²) in [4.78, 5) is -0.145. The van der Waals surface area contributed by atoms with Gasteiger partial charge in [-0.3, -0.25) is 0 Å². The first-order valence-corrected chi connectivity index (χ1v) is 6.33. The number of nitrogens with one attached hydrogen (secondary N) is 1. The molecule has 0 bridgehead atoms. The van der Waals surface area contributed by atoms with Crippen LogP contribution in [0.5, 0.6) is 0 Å². The quantitative estimate of drug-likeness (QED) is 0.806. The van der Waals surface area contributed by atoms with E-state index < -0.39 is 11.6 Å². The monoisotopic (exact) mass is 272 g/mol. The van der Waals surface area contributed by atoms with E-state index in [1.54, 1.807) is 0 Å². The van der Waals surface area contributed by atoms with E-state index in [-0.39, 0.29) is 22.3 Å². The van der Waals surface area contributed by atoms with E-state index in [0.717, 1.165) is 6.42 Å². The lowest BCUT2D eigenvalue weighted by Gasteiger charge is -2.21. The second kappa shape index (κ2) is 6.09. The van der Waals surface area contributed by atoms with Crippen LogP contribution in [0.4, 0.5) is 14.5 Å². The number of halogens is 2. The molecule has 2 nitrogen and oxygen atoms in total. The van der Waals surface area contributed by atoms with Crippen molar-refractivity contribution in [3.8, 4) is 0 Å². The van der Waals surface area contributed by atoms with E-state index in [4.69, 9.17) is 5.73 Å². The molecule has 0 spiro atoms. The number of anilines is 1. The van der Waals surface area contributed by atoms with Crippen molar-refractivity contribution in [3.05, 3.63) is 29.3 Å². The van der Waals surface area contributed by atoms with Gasteiger partial charge in [-0.1, -0.05) is 32.5 Å². The zero-order valence-electron chi connectivity index (χ0n) is 10.8. The Morgan fingerprint density at radius 2 is 1.94 bits per heavy atom. The number of hydrogen-bond donors (Lipinski definition) is 2. The van der Waals surface area contributed by atoms with Crippen LogP contribution in [0.15, 0.2) is 12.1 Å². The highest BCUT2D eigenvalue weighted by molar-refractivity contribution is 7.80. The number of hydrogen-bond acceptors (Lipinski definition) is 2. The minimum Gasteiger partial charge on any atom is -0.389 e. The summed E-state index contributed by atoms with van der Waals surface area (Å²) in [6.07, 6.45) is 0.962. The van der Waals surface area contributed by atoms with Gasteiger partial charge in [-0.25, -0.2) is 8.78 Å². The molecule has 0 saturated carbocycles. The van der Waals surface area contributed by atoms with Crippen LogP contribution in [0.1, 0.15) is 32.8 Å². The van der Waals surface area contributed by atoms with Crippen molar-refractivity contribution in [2.24, 2.45) is 11.7 Å². The van der Waals surface area contributed by atoms with E-state index in [0.29, 0.717) is 5.92 Å². The third-order valence-corrected chi connectivity index (χ3v) is 3.45. The summed E-state index contributed by atoms with van der Waals surface area (Å²) in [5, 5.41) is 2.97. The van der Waals surface area contributed by atoms with Crippen LogP contribution in [0.3, 0.4) is 0 Å². The summed E-state index contributed by atoms with van der Waals surface area (Å²) in [6, 6.07) is 2.91. The molecule has 3 N–H and O–H groups in total. The average molecular weight is 272 g/mol. The minimum atomic E-state index is -0.996. The van der Waals surface area contributed by atoms with Gasteiger partial charge in [0.15, 0.2) is 11.6 Å². The molecule has 0 radical (unpaired) electrons. The Labute approximate surface area is 112 Å². The van der Waals surface area contributed by atoms with Gasteiger partial charge in [-0.15, -0.1) is 0 Å². The first-order valence-electron chi connectivity index (χ1n) is 5.92. The summed E-state index contributed by atoms with van der Waals surface area (Å²) in [5.74, 6) is -1.57. The Bertz CT molecular complexity index is 449. The lowest BCUT2D eigenvalue weighted by molar-refractivity contribution is 0.482. The summed E-state index contributed by atoms with van der Waals surface area (Å²) in [6.45, 7) is 6.04. The largest absolute Gasteiger partial charge is 0.389 e. The molecule has 1 aromatic carbocycles. The van der Waals surface area contributed by atoms with Crippen LogP contribution in [-0.2, 0) is 0 Å². The van der Waals surface area contributed by atoms with Crippen molar-refractivity contribution in [2.45, 2.75) is 33.2 Å². The molecule has 2 unspecified atom stereocenters. The Balaban J connectivity index is 2.99. The Hall–Kier alpha value is -1.23. The van der Waals surface area contributed by atoms with Gasteiger partial charge in [0.25, 0.3) is 0 Å². The highest BCUT2D eigenvalue weighted by Gasteiger charge is 2.17. The molecule has 1 aromatic rings. The van der Waals surface area contributed by atoms with Gasteiger partial charge in [-0.05, 0) is 25.0 Å². The summed E-state index contributed by atoms with van der Waals surface area (Å²) >= 11 is 4.65. The lowest BCUT2D eigenvalue weighted by atomic mass is 10.0. The van der Waals surface area contributed by atoms with Crippen LogP contribution >= 0.6 is 12.2 Å². The highest BCUT2D eigenvalue weighted by atomic mass is 32.1. The van der Waals surface area contributed by atoms with Gasteiger partial charge < -0.3 is 11.1 Å². The maximum absolute atomic E-state index is 13.8. The smallest absolute Gasteiger partial charge is 0.182 e. The molecule has 0 aliphatic carbocycles. The van der Waals surface area contributed by atoms with Crippen molar-refractivity contribution < 1.29 is 8.78 Å². The standard InChI is InChI=1S/C13H18F2N2S/c1-4-7(2)8(3)17-10-6-5-9(13(16)18)11(14)12(10)15/h5-8,17H,4H2,1-3H3,(H2,16,18). The van der Waals surface area contributed by atoms with Crippen LogP contribution in [0.25, 0.3) is 0 Å². The van der Waals surface area contributed by atoms with Crippen LogP contribution in [0, 0.1) is 17.6 Å². The maximum atomic E-state index is 13.8. The predicted octanol–water partition coefficient (Wildman–Crippen LogP) is 3.45. The van der Waals surface area contributed by atoms with Crippen LogP contribution in [0.2, 0.25) is 0 Å². The van der Waals surface area contributed by atoms with E-state index >= 15 is 0 Å². The van der Waals surface area contributed by atoms with Crippen molar-refractivity contribution in [1.29, 1.82) is 0 Å². The topological polar surface area (TPSA) is 38.0 Å². The van der Waals surface area contributed by atoms with Crippen molar-refractivity contribution >= 4 is 22.9 Å². The molecule has 5 heteroatoms. The number of rotatable bonds is 5. The molecule has 100 valence electrons. The second-order valence-electron chi connectivity index (χ2n) is 4.47. The van der Waals surface area contributed by atoms with Gasteiger partial charge in [0.05, 0.1) is 5.69 Å². The normalized spacial score (nSPS) is 14.1. The zero-order chi connectivity index (χ0) is 13.9. The van der Waals surface area contributed by atoms with Crippen molar-refractivity contribution in [2.75, 3.05) is 5.32 Å². The molecule has 0 aliphatic rings. The second-order valence-corrected chi connectivity index (χ2v) is 4.91. The molecular formula is C13H18F2N2S. The van der Waals surface area contributed by atoms with Gasteiger partial charge >= 0.3 is 0 Å². The molecule has 18 heavy (non-hydrogen) atoms. The molecular weight excluding hydrogens is 254 g/mol. The first kappa shape index (κ1) is 14.8. The average Bonchev–Trinajstić information content (AvgIpc) is 2.33. The molecule has 0 aromatic heterocycles. The molecule has 0 saturated heterocycles. The fraction of sp³-hybridized carbons (Fsp3) is 0.462. The van der Waals surface area contributed by atoms with E-state index in [1.165, 1.54) is 12.1 Å². The Kier molecular flexibility index (Phi) is 5.02. The van der Waals surface area contributed by atoms with Gasteiger partial charge in [-0.2, -0.15) is 0 Å². The van der Waals surface area contributed by atoms with Crippen molar-refractivity contribution in [1.82, 2.24) is 0 Å². The third-order valence-electron chi connectivity index (χ3n) is 3.23. The summed E-state index contributed by atoms with van der Waals surface area (Å²) in [5.41, 5.74) is 5.38. The summed E-state index contributed by atoms with van der Waals surface area (Å²) in [7, 11) is 0. The fourth-order valence-electron chi connectivity index (χ4n) is 1.59. The Morgan fingerprint density at radius 1 is 1.33 bits per heavy atom. The molecule has 2 atom stereocenters. The lowest BCUT2D eigenvalue weighted by Crippen LogP contribution is -2.24. The molecule has 0 fully saturated rings. The van der Waals surface area contributed by atoms with E-state index in [9.17, 15) is 8.78 Å². The third kappa shape index (κ3) is 3.16. The number of nitrogens with two attached hydrogens (primary N) is 1. The first-order chi connectivity index (χ1) is 8.38. The molecule has 0 aliphatic heterocycles. The predicted molar refractivity (Wildman–Crippen MR) is 74.8 cm³/mol. The van der Waals surface area contributed by atoms with Crippen LogP contribution < -0.4 is 11.1 Å². The van der Waals surface area contributed by atoms with E-state index in [1.807, 2.05) is 6.92 Å². The number of thiocarbonyl (C=S) groups is 1. The van der Waals surface area contributed by atoms with E-state index in [2.05, 4.69) is 31.4 Å². The highest BCUT2D eigenvalue weighted by Crippen LogP contribution is 2.23. The fourth-order valence-corrected chi connectivity index (χ4v) is 1.75.